The molecule has 1 heterocycles. The maximum atomic E-state index is 10.2. The highest BCUT2D eigenvalue weighted by Gasteiger charge is 2.22. The minimum Gasteiger partial charge on any atom is -0.385 e. The summed E-state index contributed by atoms with van der Waals surface area (Å²) in [5.41, 5.74) is 1.16. The summed E-state index contributed by atoms with van der Waals surface area (Å²) in [4.78, 5) is 1.04. The molecule has 0 aliphatic carbocycles. The van der Waals surface area contributed by atoms with Crippen LogP contribution >= 0.6 is 11.3 Å². The highest BCUT2D eigenvalue weighted by molar-refractivity contribution is 7.10. The first kappa shape index (κ1) is 12.7. The molecule has 1 aromatic rings. The molecule has 3 heteroatoms. The number of hydrogen-bond donors (Lipinski definition) is 1. The fraction of sp³-hybridized carbons (Fsp3) is 0.667. The Morgan fingerprint density at radius 2 is 2.20 bits per heavy atom. The van der Waals surface area contributed by atoms with Crippen molar-refractivity contribution in [2.24, 2.45) is 0 Å². The van der Waals surface area contributed by atoms with Crippen LogP contribution in [0.3, 0.4) is 0 Å². The van der Waals surface area contributed by atoms with Crippen molar-refractivity contribution in [3.8, 4) is 0 Å². The Balaban J connectivity index is 2.71. The average molecular weight is 228 g/mol. The average Bonchev–Trinajstić information content (AvgIpc) is 2.63. The highest BCUT2D eigenvalue weighted by Crippen LogP contribution is 2.29. The molecule has 1 rings (SSSR count). The van der Waals surface area contributed by atoms with Crippen molar-refractivity contribution in [2.75, 3.05) is 6.61 Å². The van der Waals surface area contributed by atoms with Crippen LogP contribution in [0, 0.1) is 6.92 Å². The Kier molecular flexibility index (Phi) is 5.29. The highest BCUT2D eigenvalue weighted by atomic mass is 32.1. The summed E-state index contributed by atoms with van der Waals surface area (Å²) >= 11 is 1.61. The first-order valence-corrected chi connectivity index (χ1v) is 6.42. The zero-order valence-electron chi connectivity index (χ0n) is 9.69. The normalized spacial score (nSPS) is 15.2. The Morgan fingerprint density at radius 1 is 1.47 bits per heavy atom. The lowest BCUT2D eigenvalue weighted by atomic mass is 10.1. The number of aliphatic hydroxyl groups excluding tert-OH is 1. The summed E-state index contributed by atoms with van der Waals surface area (Å²) in [7, 11) is 0. The third kappa shape index (κ3) is 3.30. The van der Waals surface area contributed by atoms with Gasteiger partial charge in [-0.25, -0.2) is 0 Å². The van der Waals surface area contributed by atoms with Gasteiger partial charge in [-0.3, -0.25) is 0 Å². The standard InChI is InChI=1S/C12H20O2S/c1-4-6-10(14-5-2)11(13)12-9(3)7-8-15-12/h7-8,10-11,13H,4-6H2,1-3H3. The van der Waals surface area contributed by atoms with Gasteiger partial charge >= 0.3 is 0 Å². The summed E-state index contributed by atoms with van der Waals surface area (Å²) in [6.07, 6.45) is 1.42. The zero-order valence-corrected chi connectivity index (χ0v) is 10.5. The molecule has 2 nitrogen and oxygen atoms in total. The lowest BCUT2D eigenvalue weighted by Crippen LogP contribution is -2.22. The third-order valence-corrected chi connectivity index (χ3v) is 3.57. The van der Waals surface area contributed by atoms with Crippen molar-refractivity contribution in [3.05, 3.63) is 21.9 Å². The molecule has 0 spiro atoms. The van der Waals surface area contributed by atoms with Crippen LogP contribution in [0.25, 0.3) is 0 Å². The van der Waals surface area contributed by atoms with Gasteiger partial charge in [-0.15, -0.1) is 11.3 Å². The van der Waals surface area contributed by atoms with E-state index in [-0.39, 0.29) is 6.10 Å². The molecule has 0 amide bonds. The van der Waals surface area contributed by atoms with Crippen molar-refractivity contribution in [1.82, 2.24) is 0 Å². The fourth-order valence-corrected chi connectivity index (χ4v) is 2.65. The van der Waals surface area contributed by atoms with E-state index < -0.39 is 6.10 Å². The maximum absolute atomic E-state index is 10.2. The van der Waals surface area contributed by atoms with Gasteiger partial charge in [0.15, 0.2) is 0 Å². The van der Waals surface area contributed by atoms with Crippen LogP contribution in [0.4, 0.5) is 0 Å². The molecule has 2 atom stereocenters. The number of ether oxygens (including phenoxy) is 1. The molecular weight excluding hydrogens is 208 g/mol. The largest absolute Gasteiger partial charge is 0.385 e. The summed E-state index contributed by atoms with van der Waals surface area (Å²) in [5, 5.41) is 12.2. The van der Waals surface area contributed by atoms with Crippen molar-refractivity contribution < 1.29 is 9.84 Å². The maximum Gasteiger partial charge on any atom is 0.114 e. The second-order valence-corrected chi connectivity index (χ2v) is 4.64. The first-order chi connectivity index (χ1) is 7.20. The molecule has 1 aromatic heterocycles. The molecule has 0 saturated heterocycles. The van der Waals surface area contributed by atoms with E-state index in [0.29, 0.717) is 6.61 Å². The van der Waals surface area contributed by atoms with Crippen LogP contribution in [0.1, 0.15) is 43.2 Å². The SMILES string of the molecule is CCCC(OCC)C(O)c1sccc1C. The van der Waals surface area contributed by atoms with Crippen molar-refractivity contribution in [1.29, 1.82) is 0 Å². The summed E-state index contributed by atoms with van der Waals surface area (Å²) in [6, 6.07) is 2.04. The molecule has 15 heavy (non-hydrogen) atoms. The quantitative estimate of drug-likeness (QED) is 0.809. The van der Waals surface area contributed by atoms with E-state index in [0.717, 1.165) is 23.3 Å². The number of rotatable bonds is 6. The van der Waals surface area contributed by atoms with Gasteiger partial charge in [-0.05, 0) is 37.3 Å². The van der Waals surface area contributed by atoms with E-state index in [1.807, 2.05) is 25.3 Å². The van der Waals surface area contributed by atoms with Crippen molar-refractivity contribution in [2.45, 2.75) is 45.8 Å². The van der Waals surface area contributed by atoms with Crippen LogP contribution in [-0.2, 0) is 4.74 Å². The summed E-state index contributed by atoms with van der Waals surface area (Å²) in [5.74, 6) is 0. The predicted octanol–water partition coefficient (Wildman–Crippen LogP) is 3.30. The predicted molar refractivity (Wildman–Crippen MR) is 64.3 cm³/mol. The third-order valence-electron chi connectivity index (χ3n) is 2.48. The molecular formula is C12H20O2S. The van der Waals surface area contributed by atoms with E-state index in [4.69, 9.17) is 4.74 Å². The Labute approximate surface area is 95.9 Å². The van der Waals surface area contributed by atoms with Gasteiger partial charge in [-0.1, -0.05) is 13.3 Å². The van der Waals surface area contributed by atoms with Crippen LogP contribution in [-0.4, -0.2) is 17.8 Å². The van der Waals surface area contributed by atoms with Crippen LogP contribution in [0.5, 0.6) is 0 Å². The lowest BCUT2D eigenvalue weighted by molar-refractivity contribution is -0.0371. The van der Waals surface area contributed by atoms with Crippen molar-refractivity contribution in [3.63, 3.8) is 0 Å². The van der Waals surface area contributed by atoms with Gasteiger partial charge < -0.3 is 9.84 Å². The van der Waals surface area contributed by atoms with E-state index in [1.165, 1.54) is 0 Å². The second-order valence-electron chi connectivity index (χ2n) is 3.70. The number of hydrogen-bond acceptors (Lipinski definition) is 3. The molecule has 0 saturated carbocycles. The molecule has 1 N–H and O–H groups in total. The molecule has 0 radical (unpaired) electrons. The van der Waals surface area contributed by atoms with Crippen LogP contribution in [0.2, 0.25) is 0 Å². The van der Waals surface area contributed by atoms with Gasteiger partial charge in [0.1, 0.15) is 6.10 Å². The van der Waals surface area contributed by atoms with Gasteiger partial charge in [0.25, 0.3) is 0 Å². The first-order valence-electron chi connectivity index (χ1n) is 5.54. The number of aliphatic hydroxyl groups is 1. The monoisotopic (exact) mass is 228 g/mol. The smallest absolute Gasteiger partial charge is 0.114 e. The minimum absolute atomic E-state index is 0.0580. The minimum atomic E-state index is -0.468. The van der Waals surface area contributed by atoms with Crippen LogP contribution in [0.15, 0.2) is 11.4 Å². The summed E-state index contributed by atoms with van der Waals surface area (Å²) < 4.78 is 5.58. The molecule has 0 fully saturated rings. The lowest BCUT2D eigenvalue weighted by Gasteiger charge is -2.22. The van der Waals surface area contributed by atoms with Gasteiger partial charge in [0, 0.05) is 11.5 Å². The number of aryl methyl sites for hydroxylation is 1. The molecule has 0 aromatic carbocycles. The second kappa shape index (κ2) is 6.26. The zero-order chi connectivity index (χ0) is 11.3. The number of thiophene rings is 1. The van der Waals surface area contributed by atoms with E-state index >= 15 is 0 Å². The van der Waals surface area contributed by atoms with Crippen LogP contribution < -0.4 is 0 Å². The Hall–Kier alpha value is -0.380. The van der Waals surface area contributed by atoms with Gasteiger partial charge in [0.05, 0.1) is 6.10 Å². The van der Waals surface area contributed by atoms with Gasteiger partial charge in [-0.2, -0.15) is 0 Å². The van der Waals surface area contributed by atoms with E-state index in [2.05, 4.69) is 6.92 Å². The molecule has 0 aliphatic heterocycles. The Morgan fingerprint density at radius 3 is 2.67 bits per heavy atom. The summed E-state index contributed by atoms with van der Waals surface area (Å²) in [6.45, 7) is 6.77. The fourth-order valence-electron chi connectivity index (χ4n) is 1.69. The Bertz CT molecular complexity index is 277. The molecule has 0 aliphatic rings. The molecule has 86 valence electrons. The van der Waals surface area contributed by atoms with E-state index in [9.17, 15) is 5.11 Å². The molecule has 0 bridgehead atoms. The van der Waals surface area contributed by atoms with E-state index in [1.54, 1.807) is 11.3 Å². The van der Waals surface area contributed by atoms with Crippen molar-refractivity contribution >= 4 is 11.3 Å². The molecule has 2 unspecified atom stereocenters. The topological polar surface area (TPSA) is 29.5 Å². The van der Waals surface area contributed by atoms with Gasteiger partial charge in [0.2, 0.25) is 0 Å².